The van der Waals surface area contributed by atoms with E-state index in [-0.39, 0.29) is 53.6 Å². The number of benzene rings is 5. The molecule has 0 saturated carbocycles. The Balaban J connectivity index is 0.000000190. The first kappa shape index (κ1) is 90.7. The first-order valence-electron chi connectivity index (χ1n) is 34.8. The zero-order valence-electron chi connectivity index (χ0n) is 62.3. The highest BCUT2D eigenvalue weighted by Crippen LogP contribution is 2.51. The fourth-order valence-electron chi connectivity index (χ4n) is 11.3. The van der Waals surface area contributed by atoms with Gasteiger partial charge in [-0.25, -0.2) is 18.7 Å². The highest BCUT2D eigenvalue weighted by molar-refractivity contribution is 14.1. The fourth-order valence-corrected chi connectivity index (χ4v) is 12.4. The largest absolute Gasteiger partial charge is 0.534 e. The molecular formula is C76H59F14IN12O17S. The van der Waals surface area contributed by atoms with Crippen molar-refractivity contribution in [3.05, 3.63) is 279 Å². The standard InChI is InChI=1S/C27H21F4IN4O5.C27H20F4N4O5.C22H18F6N4O7S/c1-3-4-10-26(27(29,30)31,39-15-17-8-6-5-7-9-17)25-35-34-24(41-25)22-21(36(37)38)11-16(2)23(33-22)40-20-13-18(28)12-19(32)14-20;1-16-11-21(35(36)37)22-24-33-34-25(40-24)26(27(29,30)31,38-15-17-7-3-2-4-8-17)10-6-5-9-18-12-19(28)14-20(13-18)39-23(16)32-22;1-3-4-10-20(21(23,24)25,37-12-14-8-6-5-7-9-14)19-31-30-18(38-19)16-15(32(33)34)11-13(2)17(29-16)39-40(35,36)22(26,27)28/h3,5-9,11-14H,1,4,10,15H2,2H3;2-5,7-9,11-14H,6,10,15H2,1H3;3,5-9,11H,1,4,10,12H2,2H3. The molecule has 45 heteroatoms. The molecule has 29 nitrogen and oxygen atoms in total. The van der Waals surface area contributed by atoms with E-state index in [4.69, 9.17) is 36.9 Å². The molecule has 11 aromatic rings. The number of aryl methyl sites for hydroxylation is 3. The average Bonchev–Trinajstić information content (AvgIpc) is 1.69. The molecule has 7 heterocycles. The lowest BCUT2D eigenvalue weighted by Gasteiger charge is -2.32. The normalized spacial score (nSPS) is 14.7. The minimum atomic E-state index is -6.26. The average molecular weight is 1840 g/mol. The van der Waals surface area contributed by atoms with Gasteiger partial charge in [0.1, 0.15) is 23.1 Å². The van der Waals surface area contributed by atoms with Crippen molar-refractivity contribution >= 4 is 55.8 Å². The van der Waals surface area contributed by atoms with E-state index < -0.39 is 197 Å². The van der Waals surface area contributed by atoms with Crippen LogP contribution in [0.1, 0.15) is 95.1 Å². The van der Waals surface area contributed by atoms with Gasteiger partial charge in [-0.3, -0.25) is 30.3 Å². The Kier molecular flexibility index (Phi) is 28.0. The predicted octanol–water partition coefficient (Wildman–Crippen LogP) is 20.4. The number of hydrogen-bond donors (Lipinski definition) is 0. The molecule has 1 aliphatic rings. The van der Waals surface area contributed by atoms with E-state index in [1.807, 2.05) is 22.6 Å². The summed E-state index contributed by atoms with van der Waals surface area (Å²) in [4.78, 5) is 44.2. The van der Waals surface area contributed by atoms with Crippen molar-refractivity contribution in [2.75, 3.05) is 0 Å². The van der Waals surface area contributed by atoms with Gasteiger partial charge in [-0.2, -0.15) is 66.1 Å². The van der Waals surface area contributed by atoms with Gasteiger partial charge in [0.2, 0.25) is 51.5 Å². The second-order valence-corrected chi connectivity index (χ2v) is 28.6. The first-order chi connectivity index (χ1) is 57.0. The number of pyridine rings is 3. The molecule has 0 fully saturated rings. The van der Waals surface area contributed by atoms with Crippen molar-refractivity contribution < 1.29 is 126 Å². The van der Waals surface area contributed by atoms with Crippen molar-refractivity contribution in [1.82, 2.24) is 45.5 Å². The minimum absolute atomic E-state index is 0.0203. The van der Waals surface area contributed by atoms with Crippen LogP contribution in [0.4, 0.5) is 78.5 Å². The second-order valence-electron chi connectivity index (χ2n) is 25.8. The van der Waals surface area contributed by atoms with Gasteiger partial charge in [0.15, 0.2) is 0 Å². The maximum absolute atomic E-state index is 14.8. The lowest BCUT2D eigenvalue weighted by molar-refractivity contribution is -0.384. The number of nitro groups is 3. The number of aromatic nitrogens is 9. The van der Waals surface area contributed by atoms with Gasteiger partial charge < -0.3 is 41.1 Å². The van der Waals surface area contributed by atoms with Crippen LogP contribution in [0.2, 0.25) is 0 Å². The van der Waals surface area contributed by atoms with E-state index in [0.29, 0.717) is 31.9 Å². The maximum atomic E-state index is 14.8. The van der Waals surface area contributed by atoms with Crippen molar-refractivity contribution in [2.24, 2.45) is 0 Å². The van der Waals surface area contributed by atoms with Gasteiger partial charge in [0.05, 0.1) is 34.6 Å². The highest BCUT2D eigenvalue weighted by Gasteiger charge is 2.64. The highest BCUT2D eigenvalue weighted by atomic mass is 127. The molecule has 6 aromatic heterocycles. The Morgan fingerprint density at radius 3 is 1.45 bits per heavy atom. The number of halogens is 15. The molecule has 0 aliphatic carbocycles. The number of alkyl halides is 12. The van der Waals surface area contributed by atoms with E-state index >= 15 is 0 Å². The number of hydrogen-bond acceptors (Lipinski definition) is 26. The molecule has 12 rings (SSSR count). The van der Waals surface area contributed by atoms with Crippen molar-refractivity contribution in [3.8, 4) is 63.9 Å². The molecule has 6 bridgehead atoms. The Morgan fingerprint density at radius 1 is 0.545 bits per heavy atom. The van der Waals surface area contributed by atoms with Crippen LogP contribution in [0.3, 0.4) is 0 Å². The monoisotopic (exact) mass is 1840 g/mol. The molecule has 0 saturated heterocycles. The number of nitrogens with zero attached hydrogens (tertiary/aromatic N) is 12. The van der Waals surface area contributed by atoms with Gasteiger partial charge in [0.25, 0.3) is 35.3 Å². The summed E-state index contributed by atoms with van der Waals surface area (Å²) in [6.45, 7) is 9.30. The molecule has 1 aliphatic heterocycles. The topological polar surface area (TPSA) is 374 Å². The number of ether oxygens (including phenoxy) is 5. The molecule has 0 spiro atoms. The van der Waals surface area contributed by atoms with Crippen molar-refractivity contribution in [2.45, 2.75) is 120 Å². The summed E-state index contributed by atoms with van der Waals surface area (Å²) >= 11 is 1.88. The SMILES string of the molecule is C=CCCC(OCc1ccccc1)(c1nnc(-c2nc(OS(=O)(=O)C(F)(F)F)c(C)cc2[N+](=O)[O-])o1)C(F)(F)F.C=CCCC(OCc1ccccc1)(c1nnc(-c2nc(Oc3cc(F)cc(I)c3)c(C)cc2[N+](=O)[O-])o1)C(F)(F)F.Cc1cc([N+](=O)[O-])c2nc1Oc1cc(F)cc(c1)C=CCCC(OCc1ccccc1)(C(F)(F)F)c1nnc-2o1. The molecule has 5 aromatic carbocycles. The van der Waals surface area contributed by atoms with Crippen LogP contribution in [0.25, 0.3) is 40.8 Å². The summed E-state index contributed by atoms with van der Waals surface area (Å²) in [5.41, 5.74) is -18.1. The van der Waals surface area contributed by atoms with E-state index in [0.717, 1.165) is 31.2 Å². The van der Waals surface area contributed by atoms with E-state index in [2.05, 4.69) is 62.9 Å². The molecule has 3 atom stereocenters. The van der Waals surface area contributed by atoms with Gasteiger partial charge in [0, 0.05) is 50.6 Å². The van der Waals surface area contributed by atoms with Crippen LogP contribution in [0.5, 0.6) is 29.1 Å². The quantitative estimate of drug-likeness (QED) is 0.00924. The van der Waals surface area contributed by atoms with Crippen LogP contribution in [0.15, 0.2) is 190 Å². The lowest BCUT2D eigenvalue weighted by Crippen LogP contribution is -2.45. The van der Waals surface area contributed by atoms with E-state index in [9.17, 15) is 100 Å². The zero-order chi connectivity index (χ0) is 88.2. The molecule has 121 heavy (non-hydrogen) atoms. The summed E-state index contributed by atoms with van der Waals surface area (Å²) < 4.78 is 270. The molecule has 3 unspecified atom stereocenters. The van der Waals surface area contributed by atoms with Crippen LogP contribution in [-0.4, -0.2) is 92.8 Å². The summed E-state index contributed by atoms with van der Waals surface area (Å²) in [5.74, 6) is -8.26. The predicted molar refractivity (Wildman–Crippen MR) is 402 cm³/mol. The Hall–Kier alpha value is -12.6. The number of rotatable bonds is 26. The fraction of sp³-hybridized carbons (Fsp3) is 0.250. The summed E-state index contributed by atoms with van der Waals surface area (Å²) in [5, 5.41) is 56.6. The molecule has 636 valence electrons. The third-order valence-electron chi connectivity index (χ3n) is 17.3. The van der Waals surface area contributed by atoms with E-state index in [1.165, 1.54) is 74.5 Å². The summed E-state index contributed by atoms with van der Waals surface area (Å²) in [6, 6.07) is 34.4. The Labute approximate surface area is 686 Å². The molecule has 0 radical (unpaired) electrons. The number of fused-ring (bicyclic) bond motifs is 7. The Bertz CT molecular complexity index is 5730. The van der Waals surface area contributed by atoms with E-state index in [1.54, 1.807) is 78.9 Å². The van der Waals surface area contributed by atoms with Gasteiger partial charge in [-0.1, -0.05) is 115 Å². The minimum Gasteiger partial charge on any atom is -0.439 e. The van der Waals surface area contributed by atoms with Gasteiger partial charge >= 0.3 is 51.2 Å². The van der Waals surface area contributed by atoms with Gasteiger partial charge in [-0.15, -0.1) is 43.7 Å². The maximum Gasteiger partial charge on any atom is 0.534 e. The van der Waals surface area contributed by atoms with Crippen LogP contribution < -0.4 is 13.7 Å². The van der Waals surface area contributed by atoms with Gasteiger partial charge in [-0.05, 0) is 128 Å². The van der Waals surface area contributed by atoms with Crippen LogP contribution in [0, 0.1) is 66.3 Å². The first-order valence-corrected chi connectivity index (χ1v) is 37.3. The van der Waals surface area contributed by atoms with Crippen molar-refractivity contribution in [1.29, 1.82) is 0 Å². The third kappa shape index (κ3) is 21.2. The van der Waals surface area contributed by atoms with Crippen LogP contribution in [-0.2, 0) is 61.0 Å². The molecule has 0 amide bonds. The lowest BCUT2D eigenvalue weighted by atomic mass is 9.95. The third-order valence-corrected chi connectivity index (χ3v) is 18.9. The van der Waals surface area contributed by atoms with Crippen molar-refractivity contribution in [3.63, 3.8) is 0 Å². The summed E-state index contributed by atoms with van der Waals surface area (Å²) in [7, 11) is -6.26. The molecule has 0 N–H and O–H groups in total. The number of allylic oxidation sites excluding steroid dienone is 3. The Morgan fingerprint density at radius 2 is 0.992 bits per heavy atom. The van der Waals surface area contributed by atoms with Crippen LogP contribution >= 0.6 is 22.6 Å². The molecular weight excluding hydrogens is 1780 g/mol. The zero-order valence-corrected chi connectivity index (χ0v) is 65.3. The smallest absolute Gasteiger partial charge is 0.439 e. The summed E-state index contributed by atoms with van der Waals surface area (Å²) in [6.07, 6.45) is -12.7. The second kappa shape index (κ2) is 37.3.